The number of allylic oxidation sites excluding steroid dienone is 5. The minimum atomic E-state index is 0.873. The van der Waals surface area contributed by atoms with Gasteiger partial charge in [-0.1, -0.05) is 258 Å². The lowest BCUT2D eigenvalue weighted by Gasteiger charge is -2.18. The molecule has 0 aliphatic heterocycles. The van der Waals surface area contributed by atoms with Crippen LogP contribution in [0, 0.1) is 26.7 Å². The highest BCUT2D eigenvalue weighted by Crippen LogP contribution is 2.34. The molecule has 7 aromatic rings. The standard InChI is InChI=1S/C57H52.4C2H6.C2H2/c1-7-18-54-42(4)48(35-38-55(54)56(51-24-15-10-16-25-51)39-41(3)46-20-11-8-12-21-46)26-17-19-45-28-31-47(32-29-45)40(2)27-30-49-33-34-52-36-37-53(44(6)57(52)43(49)5)50-22-13-9-14-23-50;5*1-2/h8-17,20-39H,3,5,7,18-19H2,1-2,4,6H3;4*1-2H3;1-2H/b26-17-,40-27+,49-30-,56-39-;;;;;. The Hall–Kier alpha value is -6.94. The highest BCUT2D eigenvalue weighted by atomic mass is 14.2. The van der Waals surface area contributed by atoms with Crippen molar-refractivity contribution in [2.45, 2.75) is 102 Å². The highest BCUT2D eigenvalue weighted by Gasteiger charge is 2.15. The molecule has 0 amide bonds. The highest BCUT2D eigenvalue weighted by molar-refractivity contribution is 5.93. The number of aryl methyl sites for hydroxylation is 1. The Morgan fingerprint density at radius 2 is 1.15 bits per heavy atom. The lowest BCUT2D eigenvalue weighted by molar-refractivity contribution is 0.908. The van der Waals surface area contributed by atoms with Gasteiger partial charge in [0, 0.05) is 0 Å². The third-order valence-electron chi connectivity index (χ3n) is 11.2. The van der Waals surface area contributed by atoms with E-state index in [9.17, 15) is 0 Å². The first-order chi connectivity index (χ1) is 32.8. The van der Waals surface area contributed by atoms with Gasteiger partial charge in [0.2, 0.25) is 0 Å². The van der Waals surface area contributed by atoms with Crippen LogP contribution in [0.3, 0.4) is 0 Å². The molecule has 7 aromatic carbocycles. The summed E-state index contributed by atoms with van der Waals surface area (Å²) in [7, 11) is 0. The molecule has 0 heterocycles. The van der Waals surface area contributed by atoms with Gasteiger partial charge in [0.1, 0.15) is 0 Å². The molecule has 0 aliphatic rings. The smallest absolute Gasteiger partial charge is 0.00759 e. The van der Waals surface area contributed by atoms with Gasteiger partial charge in [-0.05, 0) is 139 Å². The molecule has 0 spiro atoms. The third kappa shape index (κ3) is 15.3. The van der Waals surface area contributed by atoms with Gasteiger partial charge < -0.3 is 0 Å². The minimum absolute atomic E-state index is 0.873. The van der Waals surface area contributed by atoms with Crippen molar-refractivity contribution < 1.29 is 0 Å². The molecule has 0 bridgehead atoms. The molecule has 7 rings (SSSR count). The molecule has 0 aliphatic carbocycles. The molecule has 0 unspecified atom stereocenters. The quantitative estimate of drug-likeness (QED) is 0.0847. The van der Waals surface area contributed by atoms with Crippen LogP contribution in [0.1, 0.15) is 126 Å². The van der Waals surface area contributed by atoms with Gasteiger partial charge in [0.05, 0.1) is 0 Å². The Bertz CT molecular complexity index is 2770. The van der Waals surface area contributed by atoms with Crippen LogP contribution in [-0.4, -0.2) is 0 Å². The largest absolute Gasteiger partial charge is 0.124 e. The number of benzene rings is 7. The zero-order chi connectivity index (χ0) is 49.7. The van der Waals surface area contributed by atoms with Crippen molar-refractivity contribution >= 4 is 46.2 Å². The van der Waals surface area contributed by atoms with E-state index in [1.165, 1.54) is 77.6 Å². The molecule has 67 heavy (non-hydrogen) atoms. The predicted octanol–water partition coefficient (Wildman–Crippen LogP) is 18.1. The average Bonchev–Trinajstić information content (AvgIpc) is 3.40. The van der Waals surface area contributed by atoms with E-state index in [4.69, 9.17) is 0 Å². The summed E-state index contributed by atoms with van der Waals surface area (Å²) in [4.78, 5) is 0. The van der Waals surface area contributed by atoms with Crippen molar-refractivity contribution in [1.29, 1.82) is 0 Å². The summed E-state index contributed by atoms with van der Waals surface area (Å²) < 4.78 is 0. The predicted molar refractivity (Wildman–Crippen MR) is 306 cm³/mol. The Morgan fingerprint density at radius 1 is 0.597 bits per heavy atom. The van der Waals surface area contributed by atoms with Crippen molar-refractivity contribution in [2.75, 3.05) is 0 Å². The van der Waals surface area contributed by atoms with E-state index in [-0.39, 0.29) is 0 Å². The summed E-state index contributed by atoms with van der Waals surface area (Å²) in [6, 6.07) is 54.2. The molecule has 0 nitrogen and oxygen atoms in total. The van der Waals surface area contributed by atoms with E-state index in [0.29, 0.717) is 0 Å². The number of terminal acetylenes is 1. The van der Waals surface area contributed by atoms with Crippen LogP contribution in [0.15, 0.2) is 176 Å². The SMILES string of the molecule is C#C.C=C(/C=C(/c1ccccc1)c1ccc(/C=C\Cc2ccc(/C(C)=C/C=c3/ccc4ccc(-c5ccccc5)c(C)c4c3=C)cc2)c(C)c1CCC)c1ccccc1.CC.CC.CC.CC. The topological polar surface area (TPSA) is 0 Å². The fourth-order valence-electron chi connectivity index (χ4n) is 7.94. The zero-order valence-electron chi connectivity index (χ0n) is 43.0. The summed E-state index contributed by atoms with van der Waals surface area (Å²) in [5.74, 6) is 0. The lowest BCUT2D eigenvalue weighted by Crippen LogP contribution is -2.24. The van der Waals surface area contributed by atoms with Gasteiger partial charge in [-0.15, -0.1) is 12.8 Å². The van der Waals surface area contributed by atoms with Gasteiger partial charge in [0.25, 0.3) is 0 Å². The van der Waals surface area contributed by atoms with Crippen LogP contribution < -0.4 is 10.4 Å². The van der Waals surface area contributed by atoms with E-state index in [1.807, 2.05) is 55.4 Å². The Kier molecular flexibility index (Phi) is 26.0. The molecule has 0 saturated heterocycles. The van der Waals surface area contributed by atoms with E-state index in [2.05, 4.69) is 236 Å². The zero-order valence-corrected chi connectivity index (χ0v) is 43.0. The Balaban J connectivity index is 0.00000145. The molecular formula is C67H78. The number of hydrogen-bond acceptors (Lipinski definition) is 0. The Labute approximate surface area is 407 Å². The lowest BCUT2D eigenvalue weighted by atomic mass is 9.86. The number of rotatable bonds is 12. The molecule has 0 aromatic heterocycles. The van der Waals surface area contributed by atoms with E-state index in [1.54, 1.807) is 0 Å². The van der Waals surface area contributed by atoms with Gasteiger partial charge >= 0.3 is 0 Å². The maximum Gasteiger partial charge on any atom is -0.00759 e. The molecule has 0 fully saturated rings. The second-order valence-electron chi connectivity index (χ2n) is 15.0. The second-order valence-corrected chi connectivity index (χ2v) is 15.0. The normalized spacial score (nSPS) is 11.0. The van der Waals surface area contributed by atoms with Crippen LogP contribution in [0.5, 0.6) is 0 Å². The van der Waals surface area contributed by atoms with Crippen molar-refractivity contribution in [1.82, 2.24) is 0 Å². The van der Waals surface area contributed by atoms with Crippen LogP contribution in [0.4, 0.5) is 0 Å². The van der Waals surface area contributed by atoms with E-state index in [0.717, 1.165) is 40.8 Å². The first-order valence-corrected chi connectivity index (χ1v) is 24.5. The molecule has 0 atom stereocenters. The fraction of sp³-hybridized carbons (Fsp3) is 0.224. The van der Waals surface area contributed by atoms with Gasteiger partial charge in [-0.2, -0.15) is 0 Å². The second kappa shape index (κ2) is 31.1. The van der Waals surface area contributed by atoms with Crippen molar-refractivity contribution in [3.63, 3.8) is 0 Å². The van der Waals surface area contributed by atoms with Crippen LogP contribution in [0.25, 0.3) is 57.3 Å². The van der Waals surface area contributed by atoms with E-state index < -0.39 is 0 Å². The molecular weight excluding hydrogens is 805 g/mol. The molecule has 346 valence electrons. The summed E-state index contributed by atoms with van der Waals surface area (Å²) in [6.07, 6.45) is 22.3. The maximum absolute atomic E-state index is 4.55. The molecule has 0 N–H and O–H groups in total. The van der Waals surface area contributed by atoms with Crippen molar-refractivity contribution in [3.8, 4) is 24.0 Å². The summed E-state index contributed by atoms with van der Waals surface area (Å²) in [5, 5.41) is 4.68. The van der Waals surface area contributed by atoms with Gasteiger partial charge in [-0.25, -0.2) is 0 Å². The van der Waals surface area contributed by atoms with Gasteiger partial charge in [0.15, 0.2) is 0 Å². The minimum Gasteiger partial charge on any atom is -0.124 e. The fourth-order valence-corrected chi connectivity index (χ4v) is 7.94. The number of fused-ring (bicyclic) bond motifs is 1. The van der Waals surface area contributed by atoms with Crippen LogP contribution in [-0.2, 0) is 12.8 Å². The molecule has 0 radical (unpaired) electrons. The average molecular weight is 883 g/mol. The van der Waals surface area contributed by atoms with E-state index >= 15 is 0 Å². The monoisotopic (exact) mass is 883 g/mol. The van der Waals surface area contributed by atoms with Crippen molar-refractivity contribution in [2.24, 2.45) is 0 Å². The van der Waals surface area contributed by atoms with Crippen molar-refractivity contribution in [3.05, 3.63) is 237 Å². The summed E-state index contributed by atoms with van der Waals surface area (Å²) >= 11 is 0. The number of hydrogen-bond donors (Lipinski definition) is 0. The van der Waals surface area contributed by atoms with Crippen LogP contribution >= 0.6 is 0 Å². The molecule has 0 heteroatoms. The Morgan fingerprint density at radius 3 is 1.73 bits per heavy atom. The summed E-state index contributed by atoms with van der Waals surface area (Å²) in [5.41, 5.74) is 17.4. The summed E-state index contributed by atoms with van der Waals surface area (Å²) in [6.45, 7) is 34.0. The maximum atomic E-state index is 4.55. The third-order valence-corrected chi connectivity index (χ3v) is 11.2. The molecule has 0 saturated carbocycles. The first-order valence-electron chi connectivity index (χ1n) is 24.5. The first kappa shape index (κ1) is 56.2. The van der Waals surface area contributed by atoms with Crippen LogP contribution in [0.2, 0.25) is 0 Å². The van der Waals surface area contributed by atoms with Gasteiger partial charge in [-0.3, -0.25) is 0 Å².